The molecule has 0 N–H and O–H groups in total. The van der Waals surface area contributed by atoms with E-state index in [1.54, 1.807) is 13.3 Å². The molecule has 2 rings (SSSR count). The van der Waals surface area contributed by atoms with Crippen LogP contribution in [0.1, 0.15) is 28.7 Å². The van der Waals surface area contributed by atoms with E-state index in [2.05, 4.69) is 4.98 Å². The number of benzene rings is 1. The Bertz CT molecular complexity index is 576. The molecule has 0 aliphatic rings. The van der Waals surface area contributed by atoms with Crippen LogP contribution in [-0.2, 0) is 11.3 Å². The van der Waals surface area contributed by atoms with Gasteiger partial charge in [0.15, 0.2) is 5.69 Å². The Kier molecular flexibility index (Phi) is 4.22. The van der Waals surface area contributed by atoms with Gasteiger partial charge < -0.3 is 9.30 Å². The van der Waals surface area contributed by atoms with Crippen LogP contribution in [0.4, 0.5) is 0 Å². The minimum Gasteiger partial charge on any atom is -0.461 e. The van der Waals surface area contributed by atoms with Gasteiger partial charge in [0.05, 0.1) is 12.9 Å². The minimum absolute atomic E-state index is 0.350. The largest absolute Gasteiger partial charge is 0.461 e. The maximum absolute atomic E-state index is 11.7. The maximum Gasteiger partial charge on any atom is 0.358 e. The molecule has 1 aromatic carbocycles. The number of rotatable bonds is 4. The summed E-state index contributed by atoms with van der Waals surface area (Å²) in [6, 6.07) is 7.59. The Morgan fingerprint density at radius 2 is 2.05 bits per heavy atom. The molecule has 0 spiro atoms. The second-order valence-corrected chi connectivity index (χ2v) is 4.59. The van der Waals surface area contributed by atoms with Gasteiger partial charge in [-0.15, -0.1) is 0 Å². The van der Waals surface area contributed by atoms with E-state index in [0.29, 0.717) is 23.9 Å². The summed E-state index contributed by atoms with van der Waals surface area (Å²) in [5.41, 5.74) is 2.27. The summed E-state index contributed by atoms with van der Waals surface area (Å²) in [6.07, 6.45) is 1.65. The van der Waals surface area contributed by atoms with Gasteiger partial charge in [0.1, 0.15) is 0 Å². The quantitative estimate of drug-likeness (QED) is 0.808. The second-order valence-electron chi connectivity index (χ2n) is 4.15. The fourth-order valence-electron chi connectivity index (χ4n) is 1.79. The predicted octanol–water partition coefficient (Wildman–Crippen LogP) is 3.07. The van der Waals surface area contributed by atoms with E-state index in [4.69, 9.17) is 16.3 Å². The standard InChI is InChI=1S/C14H15ClN2O2/c1-3-19-14(18)13-10(2)17(9-16-13)8-11-4-6-12(15)7-5-11/h4-7,9H,3,8H2,1-2H3. The summed E-state index contributed by atoms with van der Waals surface area (Å²) in [5, 5.41) is 0.707. The highest BCUT2D eigenvalue weighted by Gasteiger charge is 2.15. The van der Waals surface area contributed by atoms with Crippen LogP contribution < -0.4 is 0 Å². The van der Waals surface area contributed by atoms with E-state index in [1.165, 1.54) is 0 Å². The van der Waals surface area contributed by atoms with Gasteiger partial charge in [-0.3, -0.25) is 0 Å². The molecule has 0 aliphatic carbocycles. The van der Waals surface area contributed by atoms with E-state index in [0.717, 1.165) is 11.3 Å². The molecule has 1 aromatic heterocycles. The van der Waals surface area contributed by atoms with E-state index in [9.17, 15) is 4.79 Å². The highest BCUT2D eigenvalue weighted by molar-refractivity contribution is 6.30. The summed E-state index contributed by atoms with van der Waals surface area (Å²) in [5.74, 6) is -0.380. The van der Waals surface area contributed by atoms with Crippen molar-refractivity contribution < 1.29 is 9.53 Å². The van der Waals surface area contributed by atoms with Crippen LogP contribution in [0.3, 0.4) is 0 Å². The number of hydrogen-bond donors (Lipinski definition) is 0. The Balaban J connectivity index is 2.18. The zero-order valence-corrected chi connectivity index (χ0v) is 11.6. The molecular weight excluding hydrogens is 264 g/mol. The highest BCUT2D eigenvalue weighted by Crippen LogP contribution is 2.13. The van der Waals surface area contributed by atoms with Crippen LogP contribution in [0.15, 0.2) is 30.6 Å². The highest BCUT2D eigenvalue weighted by atomic mass is 35.5. The third-order valence-electron chi connectivity index (χ3n) is 2.83. The number of carbonyl (C=O) groups excluding carboxylic acids is 1. The van der Waals surface area contributed by atoms with Crippen LogP contribution in [0.2, 0.25) is 5.02 Å². The third-order valence-corrected chi connectivity index (χ3v) is 3.09. The van der Waals surface area contributed by atoms with Crippen molar-refractivity contribution in [2.45, 2.75) is 20.4 Å². The van der Waals surface area contributed by atoms with Crippen molar-refractivity contribution in [2.75, 3.05) is 6.61 Å². The third kappa shape index (κ3) is 3.15. The molecule has 100 valence electrons. The van der Waals surface area contributed by atoms with Gasteiger partial charge in [0.2, 0.25) is 0 Å². The molecule has 19 heavy (non-hydrogen) atoms. The fraction of sp³-hybridized carbons (Fsp3) is 0.286. The van der Waals surface area contributed by atoms with Crippen molar-refractivity contribution in [1.29, 1.82) is 0 Å². The normalized spacial score (nSPS) is 10.5. The van der Waals surface area contributed by atoms with Crippen molar-refractivity contribution in [3.05, 3.63) is 52.6 Å². The summed E-state index contributed by atoms with van der Waals surface area (Å²) in [4.78, 5) is 15.8. The Hall–Kier alpha value is -1.81. The molecule has 0 bridgehead atoms. The average molecular weight is 279 g/mol. The van der Waals surface area contributed by atoms with Crippen molar-refractivity contribution in [2.24, 2.45) is 0 Å². The number of halogens is 1. The van der Waals surface area contributed by atoms with Gasteiger partial charge >= 0.3 is 5.97 Å². The lowest BCUT2D eigenvalue weighted by Gasteiger charge is -2.06. The minimum atomic E-state index is -0.380. The van der Waals surface area contributed by atoms with Crippen molar-refractivity contribution in [3.63, 3.8) is 0 Å². The summed E-state index contributed by atoms with van der Waals surface area (Å²) < 4.78 is 6.87. The van der Waals surface area contributed by atoms with Crippen molar-refractivity contribution in [1.82, 2.24) is 9.55 Å². The van der Waals surface area contributed by atoms with E-state index in [-0.39, 0.29) is 5.97 Å². The fourth-order valence-corrected chi connectivity index (χ4v) is 1.92. The molecule has 0 unspecified atom stereocenters. The van der Waals surface area contributed by atoms with Crippen LogP contribution in [-0.4, -0.2) is 22.1 Å². The molecule has 0 fully saturated rings. The number of hydrogen-bond acceptors (Lipinski definition) is 3. The average Bonchev–Trinajstić information content (AvgIpc) is 2.74. The molecular formula is C14H15ClN2O2. The van der Waals surface area contributed by atoms with Crippen LogP contribution in [0.25, 0.3) is 0 Å². The molecule has 0 aliphatic heterocycles. The van der Waals surface area contributed by atoms with Gasteiger partial charge in [0, 0.05) is 17.3 Å². The van der Waals surface area contributed by atoms with E-state index >= 15 is 0 Å². The summed E-state index contributed by atoms with van der Waals surface area (Å²) in [7, 11) is 0. The first-order valence-corrected chi connectivity index (χ1v) is 6.43. The van der Waals surface area contributed by atoms with Crippen molar-refractivity contribution >= 4 is 17.6 Å². The lowest BCUT2D eigenvalue weighted by atomic mass is 10.2. The lowest BCUT2D eigenvalue weighted by molar-refractivity contribution is 0.0519. The maximum atomic E-state index is 11.7. The van der Waals surface area contributed by atoms with Gasteiger partial charge in [-0.1, -0.05) is 23.7 Å². The smallest absolute Gasteiger partial charge is 0.358 e. The Labute approximate surface area is 117 Å². The Morgan fingerprint density at radius 3 is 2.68 bits per heavy atom. The molecule has 0 amide bonds. The van der Waals surface area contributed by atoms with Gasteiger partial charge in [-0.25, -0.2) is 9.78 Å². The van der Waals surface area contributed by atoms with Crippen LogP contribution >= 0.6 is 11.6 Å². The number of imidazole rings is 1. The number of carbonyl (C=O) groups is 1. The SMILES string of the molecule is CCOC(=O)c1ncn(Cc2ccc(Cl)cc2)c1C. The molecule has 1 heterocycles. The first-order valence-electron chi connectivity index (χ1n) is 6.05. The predicted molar refractivity (Wildman–Crippen MR) is 73.5 cm³/mol. The van der Waals surface area contributed by atoms with E-state index in [1.807, 2.05) is 35.8 Å². The first-order chi connectivity index (χ1) is 9.11. The van der Waals surface area contributed by atoms with Crippen LogP contribution in [0, 0.1) is 6.92 Å². The molecule has 0 atom stereocenters. The first kappa shape index (κ1) is 13.6. The summed E-state index contributed by atoms with van der Waals surface area (Å²) in [6.45, 7) is 4.63. The number of aromatic nitrogens is 2. The number of nitrogens with zero attached hydrogens (tertiary/aromatic N) is 2. The number of esters is 1. The van der Waals surface area contributed by atoms with Gasteiger partial charge in [-0.05, 0) is 31.5 Å². The second kappa shape index (κ2) is 5.89. The van der Waals surface area contributed by atoms with Gasteiger partial charge in [-0.2, -0.15) is 0 Å². The Morgan fingerprint density at radius 1 is 1.37 bits per heavy atom. The van der Waals surface area contributed by atoms with Gasteiger partial charge in [0.25, 0.3) is 0 Å². The van der Waals surface area contributed by atoms with E-state index < -0.39 is 0 Å². The summed E-state index contributed by atoms with van der Waals surface area (Å²) >= 11 is 5.85. The van der Waals surface area contributed by atoms with Crippen LogP contribution in [0.5, 0.6) is 0 Å². The molecule has 0 radical (unpaired) electrons. The zero-order valence-electron chi connectivity index (χ0n) is 10.9. The molecule has 0 saturated heterocycles. The monoisotopic (exact) mass is 278 g/mol. The zero-order chi connectivity index (χ0) is 13.8. The topological polar surface area (TPSA) is 44.1 Å². The number of ether oxygens (including phenoxy) is 1. The van der Waals surface area contributed by atoms with Crippen molar-refractivity contribution in [3.8, 4) is 0 Å². The molecule has 2 aromatic rings. The molecule has 4 nitrogen and oxygen atoms in total. The lowest BCUT2D eigenvalue weighted by Crippen LogP contribution is -2.08. The molecule has 5 heteroatoms. The molecule has 0 saturated carbocycles.